The molecule has 0 unspecified atom stereocenters. The van der Waals surface area contributed by atoms with Crippen molar-refractivity contribution in [3.63, 3.8) is 0 Å². The van der Waals surface area contributed by atoms with Gasteiger partial charge in [-0.05, 0) is 24.3 Å². The number of aromatic hydroxyl groups is 2. The van der Waals surface area contributed by atoms with Crippen molar-refractivity contribution in [1.82, 2.24) is 4.98 Å². The Morgan fingerprint density at radius 3 is 2.39 bits per heavy atom. The van der Waals surface area contributed by atoms with Crippen LogP contribution in [0.1, 0.15) is 10.4 Å². The summed E-state index contributed by atoms with van der Waals surface area (Å²) in [7, 11) is 0. The van der Waals surface area contributed by atoms with Gasteiger partial charge in [-0.15, -0.1) is 0 Å². The summed E-state index contributed by atoms with van der Waals surface area (Å²) >= 11 is 0. The molecule has 0 atom stereocenters. The van der Waals surface area contributed by atoms with E-state index in [2.05, 4.69) is 10.3 Å². The largest absolute Gasteiger partial charge is 0.507 e. The molecule has 0 aliphatic heterocycles. The summed E-state index contributed by atoms with van der Waals surface area (Å²) in [5.41, 5.74) is 0.00544. The summed E-state index contributed by atoms with van der Waals surface area (Å²) < 4.78 is 12.6. The lowest BCUT2D eigenvalue weighted by molar-refractivity contribution is 0.102. The molecule has 2 rings (SSSR count). The highest BCUT2D eigenvalue weighted by Gasteiger charge is 2.16. The van der Waals surface area contributed by atoms with Crippen LogP contribution in [-0.4, -0.2) is 21.1 Å². The topological polar surface area (TPSA) is 82.5 Å². The van der Waals surface area contributed by atoms with Crippen LogP contribution in [0.3, 0.4) is 0 Å². The van der Waals surface area contributed by atoms with E-state index in [0.29, 0.717) is 0 Å². The van der Waals surface area contributed by atoms with E-state index in [1.165, 1.54) is 24.3 Å². The van der Waals surface area contributed by atoms with Crippen molar-refractivity contribution >= 4 is 11.6 Å². The van der Waals surface area contributed by atoms with E-state index >= 15 is 0 Å². The van der Waals surface area contributed by atoms with E-state index in [9.17, 15) is 19.4 Å². The molecular formula is C12H9FN2O3. The number of hydrogen-bond acceptors (Lipinski definition) is 4. The fourth-order valence-electron chi connectivity index (χ4n) is 1.40. The van der Waals surface area contributed by atoms with Gasteiger partial charge in [-0.25, -0.2) is 4.98 Å². The van der Waals surface area contributed by atoms with Gasteiger partial charge in [-0.1, -0.05) is 6.07 Å². The first kappa shape index (κ1) is 11.8. The van der Waals surface area contributed by atoms with Crippen molar-refractivity contribution in [3.8, 4) is 11.5 Å². The molecule has 2 aromatic rings. The lowest BCUT2D eigenvalue weighted by Gasteiger charge is -2.07. The second-order valence-electron chi connectivity index (χ2n) is 3.49. The van der Waals surface area contributed by atoms with E-state index in [-0.39, 0.29) is 22.7 Å². The van der Waals surface area contributed by atoms with E-state index < -0.39 is 11.9 Å². The molecular weight excluding hydrogens is 239 g/mol. The number of anilines is 1. The highest BCUT2D eigenvalue weighted by Crippen LogP contribution is 2.26. The van der Waals surface area contributed by atoms with Crippen LogP contribution in [0.2, 0.25) is 0 Å². The van der Waals surface area contributed by atoms with Crippen LogP contribution in [0.5, 0.6) is 11.5 Å². The van der Waals surface area contributed by atoms with E-state index in [4.69, 9.17) is 0 Å². The van der Waals surface area contributed by atoms with Gasteiger partial charge in [0.25, 0.3) is 5.91 Å². The minimum atomic E-state index is -0.709. The summed E-state index contributed by atoms with van der Waals surface area (Å²) in [6.07, 6.45) is 1.13. The number of nitrogens with one attached hydrogen (secondary N) is 1. The van der Waals surface area contributed by atoms with Gasteiger partial charge in [0, 0.05) is 0 Å². The number of aromatic nitrogens is 1. The van der Waals surface area contributed by atoms with E-state index in [0.717, 1.165) is 12.3 Å². The zero-order valence-electron chi connectivity index (χ0n) is 9.09. The average Bonchev–Trinajstić information content (AvgIpc) is 2.32. The number of halogens is 1. The van der Waals surface area contributed by atoms with E-state index in [1.54, 1.807) is 0 Å². The number of amides is 1. The van der Waals surface area contributed by atoms with Crippen LogP contribution >= 0.6 is 0 Å². The maximum atomic E-state index is 12.6. The summed E-state index contributed by atoms with van der Waals surface area (Å²) in [5.74, 6) is -2.07. The summed E-state index contributed by atoms with van der Waals surface area (Å²) in [6, 6.07) is 6.35. The SMILES string of the molecule is O=C(Nc1ccc(F)nc1)c1c(O)cccc1O. The minimum Gasteiger partial charge on any atom is -0.507 e. The third-order valence-corrected chi connectivity index (χ3v) is 2.23. The Morgan fingerprint density at radius 2 is 1.83 bits per heavy atom. The second-order valence-corrected chi connectivity index (χ2v) is 3.49. The smallest absolute Gasteiger partial charge is 0.263 e. The molecule has 92 valence electrons. The molecule has 5 nitrogen and oxygen atoms in total. The van der Waals surface area contributed by atoms with Crippen molar-refractivity contribution < 1.29 is 19.4 Å². The molecule has 1 amide bonds. The average molecular weight is 248 g/mol. The Labute approximate surface area is 102 Å². The first-order chi connectivity index (χ1) is 8.58. The molecule has 1 aromatic carbocycles. The standard InChI is InChI=1S/C12H9FN2O3/c13-10-5-4-7(6-14-10)15-12(18)11-8(16)2-1-3-9(11)17/h1-6,16-17H,(H,15,18). The third-order valence-electron chi connectivity index (χ3n) is 2.23. The quantitative estimate of drug-likeness (QED) is 0.709. The number of rotatable bonds is 2. The van der Waals surface area contributed by atoms with Crippen molar-refractivity contribution in [1.29, 1.82) is 0 Å². The Kier molecular flexibility index (Phi) is 3.09. The first-order valence-corrected chi connectivity index (χ1v) is 5.02. The fraction of sp³-hybridized carbons (Fsp3) is 0. The summed E-state index contributed by atoms with van der Waals surface area (Å²) in [5, 5.41) is 21.4. The van der Waals surface area contributed by atoms with Crippen LogP contribution in [-0.2, 0) is 0 Å². The van der Waals surface area contributed by atoms with Gasteiger partial charge in [0.2, 0.25) is 5.95 Å². The molecule has 18 heavy (non-hydrogen) atoms. The van der Waals surface area contributed by atoms with Crippen molar-refractivity contribution in [2.75, 3.05) is 5.32 Å². The minimum absolute atomic E-state index is 0.248. The Hall–Kier alpha value is -2.63. The first-order valence-electron chi connectivity index (χ1n) is 5.02. The van der Waals surface area contributed by atoms with Crippen molar-refractivity contribution in [3.05, 3.63) is 48.0 Å². The Morgan fingerprint density at radius 1 is 1.17 bits per heavy atom. The molecule has 1 aromatic heterocycles. The van der Waals surface area contributed by atoms with Gasteiger partial charge < -0.3 is 15.5 Å². The van der Waals surface area contributed by atoms with Crippen LogP contribution in [0.4, 0.5) is 10.1 Å². The predicted molar refractivity (Wildman–Crippen MR) is 61.9 cm³/mol. The second kappa shape index (κ2) is 4.70. The molecule has 3 N–H and O–H groups in total. The van der Waals surface area contributed by atoms with Crippen LogP contribution in [0, 0.1) is 5.95 Å². The third kappa shape index (κ3) is 2.37. The maximum absolute atomic E-state index is 12.6. The Balaban J connectivity index is 2.25. The summed E-state index contributed by atoms with van der Waals surface area (Å²) in [6.45, 7) is 0. The van der Waals surface area contributed by atoms with Crippen LogP contribution < -0.4 is 5.32 Å². The van der Waals surface area contributed by atoms with Gasteiger partial charge in [0.15, 0.2) is 0 Å². The number of carbonyl (C=O) groups excluding carboxylic acids is 1. The molecule has 0 saturated carbocycles. The van der Waals surface area contributed by atoms with Crippen molar-refractivity contribution in [2.45, 2.75) is 0 Å². The fourth-order valence-corrected chi connectivity index (χ4v) is 1.40. The number of pyridine rings is 1. The highest BCUT2D eigenvalue weighted by atomic mass is 19.1. The number of phenolic OH excluding ortho intramolecular Hbond substituents is 2. The normalized spacial score (nSPS) is 10.1. The van der Waals surface area contributed by atoms with Gasteiger partial charge in [-0.2, -0.15) is 4.39 Å². The number of hydrogen-bond donors (Lipinski definition) is 3. The number of carbonyl (C=O) groups is 1. The van der Waals surface area contributed by atoms with Crippen LogP contribution in [0.15, 0.2) is 36.5 Å². The molecule has 0 aliphatic rings. The monoisotopic (exact) mass is 248 g/mol. The van der Waals surface area contributed by atoms with Gasteiger partial charge in [0.05, 0.1) is 11.9 Å². The van der Waals surface area contributed by atoms with Crippen LogP contribution in [0.25, 0.3) is 0 Å². The van der Waals surface area contributed by atoms with E-state index in [1.807, 2.05) is 0 Å². The van der Waals surface area contributed by atoms with Gasteiger partial charge in [0.1, 0.15) is 17.1 Å². The number of phenols is 2. The Bertz CT molecular complexity index is 564. The zero-order chi connectivity index (χ0) is 13.1. The van der Waals surface area contributed by atoms with Crippen molar-refractivity contribution in [2.24, 2.45) is 0 Å². The lowest BCUT2D eigenvalue weighted by Crippen LogP contribution is -2.12. The molecule has 0 fully saturated rings. The lowest BCUT2D eigenvalue weighted by atomic mass is 10.1. The highest BCUT2D eigenvalue weighted by molar-refractivity contribution is 6.07. The molecule has 0 saturated heterocycles. The maximum Gasteiger partial charge on any atom is 0.263 e. The predicted octanol–water partition coefficient (Wildman–Crippen LogP) is 1.88. The molecule has 0 aliphatic carbocycles. The zero-order valence-corrected chi connectivity index (χ0v) is 9.09. The molecule has 1 heterocycles. The molecule has 0 spiro atoms. The van der Waals surface area contributed by atoms with Gasteiger partial charge >= 0.3 is 0 Å². The number of benzene rings is 1. The number of nitrogens with zero attached hydrogens (tertiary/aromatic N) is 1. The molecule has 0 radical (unpaired) electrons. The molecule has 0 bridgehead atoms. The molecule has 6 heteroatoms. The summed E-state index contributed by atoms with van der Waals surface area (Å²) in [4.78, 5) is 15.2. The van der Waals surface area contributed by atoms with Gasteiger partial charge in [-0.3, -0.25) is 4.79 Å².